The molecule has 0 rings (SSSR count). The Morgan fingerprint density at radius 1 is 1.62 bits per heavy atom. The first-order chi connectivity index (χ1) is 3.66. The van der Waals surface area contributed by atoms with Crippen LogP contribution in [0.25, 0.3) is 0 Å². The highest BCUT2D eigenvalue weighted by Crippen LogP contribution is 1.95. The Balaban J connectivity index is 3.25. The summed E-state index contributed by atoms with van der Waals surface area (Å²) in [5.74, 6) is 0. The van der Waals surface area contributed by atoms with E-state index in [-0.39, 0.29) is 6.10 Å². The highest BCUT2D eigenvalue weighted by atomic mass is 127. The topological polar surface area (TPSA) is 35.5 Å². The van der Waals surface area contributed by atoms with Gasteiger partial charge in [-0.15, -0.1) is 0 Å². The maximum Gasteiger partial charge on any atom is 0.518 e. The number of hydrogen-bond donors (Lipinski definition) is 0. The van der Waals surface area contributed by atoms with Gasteiger partial charge in [0.25, 0.3) is 0 Å². The van der Waals surface area contributed by atoms with Gasteiger partial charge in [-0.3, -0.25) is 0 Å². The minimum absolute atomic E-state index is 0.0998. The number of ether oxygens (including phenoxy) is 1. The zero-order valence-electron chi connectivity index (χ0n) is 4.68. The molecular formula is C4H7IO3. The van der Waals surface area contributed by atoms with Gasteiger partial charge in [-0.2, -0.15) is 0 Å². The molecule has 0 aromatic heterocycles. The molecule has 0 radical (unpaired) electrons. The van der Waals surface area contributed by atoms with Crippen LogP contribution in [0.2, 0.25) is 0 Å². The molecule has 0 saturated heterocycles. The van der Waals surface area contributed by atoms with Crippen molar-refractivity contribution in [3.63, 3.8) is 0 Å². The van der Waals surface area contributed by atoms with Crippen LogP contribution in [0.4, 0.5) is 4.79 Å². The summed E-state index contributed by atoms with van der Waals surface area (Å²) in [6.45, 7) is 3.52. The van der Waals surface area contributed by atoms with E-state index in [4.69, 9.17) is 0 Å². The zero-order valence-corrected chi connectivity index (χ0v) is 6.84. The van der Waals surface area contributed by atoms with Crippen LogP contribution < -0.4 is 0 Å². The smallest absolute Gasteiger partial charge is 0.431 e. The summed E-state index contributed by atoms with van der Waals surface area (Å²) in [5.41, 5.74) is 0. The fourth-order valence-electron chi connectivity index (χ4n) is 0.211. The summed E-state index contributed by atoms with van der Waals surface area (Å²) in [6.07, 6.45) is -0.738. The zero-order chi connectivity index (χ0) is 6.57. The summed E-state index contributed by atoms with van der Waals surface area (Å²) in [5, 5.41) is 0. The molecule has 0 saturated carbocycles. The van der Waals surface area contributed by atoms with Crippen molar-refractivity contribution < 1.29 is 12.6 Å². The van der Waals surface area contributed by atoms with Crippen LogP contribution in [0.1, 0.15) is 13.8 Å². The Kier molecular flexibility index (Phi) is 3.94. The molecule has 4 heteroatoms. The first kappa shape index (κ1) is 8.00. The maximum absolute atomic E-state index is 10.2. The third kappa shape index (κ3) is 4.17. The van der Waals surface area contributed by atoms with E-state index in [1.165, 1.54) is 23.0 Å². The number of rotatable bonds is 1. The van der Waals surface area contributed by atoms with Gasteiger partial charge in [0, 0.05) is 0 Å². The van der Waals surface area contributed by atoms with Crippen molar-refractivity contribution in [3.8, 4) is 0 Å². The van der Waals surface area contributed by atoms with Crippen molar-refractivity contribution in [2.45, 2.75) is 20.0 Å². The third-order valence-electron chi connectivity index (χ3n) is 0.395. The second-order valence-electron chi connectivity index (χ2n) is 1.49. The van der Waals surface area contributed by atoms with Crippen LogP contribution in [0.15, 0.2) is 0 Å². The largest absolute Gasteiger partial charge is 0.518 e. The van der Waals surface area contributed by atoms with Crippen molar-refractivity contribution in [1.29, 1.82) is 0 Å². The molecule has 0 spiro atoms. The van der Waals surface area contributed by atoms with Gasteiger partial charge in [-0.1, -0.05) is 0 Å². The van der Waals surface area contributed by atoms with Crippen molar-refractivity contribution in [2.24, 2.45) is 0 Å². The van der Waals surface area contributed by atoms with E-state index in [1.54, 1.807) is 13.8 Å². The van der Waals surface area contributed by atoms with Crippen molar-refractivity contribution in [3.05, 3.63) is 0 Å². The average Bonchev–Trinajstić information content (AvgIpc) is 1.65. The molecule has 0 heterocycles. The normalized spacial score (nSPS) is 9.00. The lowest BCUT2D eigenvalue weighted by molar-refractivity contribution is 0.0852. The van der Waals surface area contributed by atoms with Crippen LogP contribution in [-0.4, -0.2) is 12.3 Å². The van der Waals surface area contributed by atoms with Gasteiger partial charge >= 0.3 is 6.16 Å². The first-order valence-corrected chi connectivity index (χ1v) is 3.04. The number of halogens is 1. The number of carbonyl (C=O) groups excluding carboxylic acids is 1. The Morgan fingerprint density at radius 3 is 2.25 bits per heavy atom. The summed E-state index contributed by atoms with van der Waals surface area (Å²) in [4.78, 5) is 10.2. The quantitative estimate of drug-likeness (QED) is 0.509. The Hall–Kier alpha value is 0. The van der Waals surface area contributed by atoms with E-state index in [0.717, 1.165) is 0 Å². The van der Waals surface area contributed by atoms with Crippen molar-refractivity contribution in [1.82, 2.24) is 0 Å². The molecule has 8 heavy (non-hydrogen) atoms. The van der Waals surface area contributed by atoms with Crippen LogP contribution in [-0.2, 0) is 7.80 Å². The monoisotopic (exact) mass is 230 g/mol. The van der Waals surface area contributed by atoms with Crippen molar-refractivity contribution >= 4 is 29.2 Å². The van der Waals surface area contributed by atoms with Crippen LogP contribution in [0, 0.1) is 0 Å². The van der Waals surface area contributed by atoms with Gasteiger partial charge in [-0.25, -0.2) is 4.79 Å². The summed E-state index contributed by atoms with van der Waals surface area (Å²) in [7, 11) is 0. The minimum Gasteiger partial charge on any atom is -0.431 e. The molecule has 0 N–H and O–H groups in total. The highest BCUT2D eigenvalue weighted by molar-refractivity contribution is 14.1. The summed E-state index contributed by atoms with van der Waals surface area (Å²) >= 11 is 1.47. The molecule has 0 aliphatic carbocycles. The highest BCUT2D eigenvalue weighted by Gasteiger charge is 2.02. The van der Waals surface area contributed by atoms with E-state index in [9.17, 15) is 4.79 Å². The molecule has 0 atom stereocenters. The molecule has 0 fully saturated rings. The van der Waals surface area contributed by atoms with Crippen molar-refractivity contribution in [2.75, 3.05) is 0 Å². The minimum atomic E-state index is -0.638. The SMILES string of the molecule is CC(C)OC(=O)OI. The molecule has 0 bridgehead atoms. The van der Waals surface area contributed by atoms with Gasteiger partial charge in [0.1, 0.15) is 0 Å². The predicted molar refractivity (Wildman–Crippen MR) is 36.7 cm³/mol. The molecule has 0 aliphatic rings. The van der Waals surface area contributed by atoms with Gasteiger partial charge in [0.05, 0.1) is 6.10 Å². The van der Waals surface area contributed by atoms with Gasteiger partial charge < -0.3 is 7.80 Å². The second kappa shape index (κ2) is 3.94. The van der Waals surface area contributed by atoms with Crippen LogP contribution >= 0.6 is 23.0 Å². The fourth-order valence-corrected chi connectivity index (χ4v) is 0.314. The molecule has 48 valence electrons. The molecule has 0 aliphatic heterocycles. The molecular weight excluding hydrogens is 223 g/mol. The lowest BCUT2D eigenvalue weighted by Gasteiger charge is -2.02. The van der Waals surface area contributed by atoms with Gasteiger partial charge in [0.2, 0.25) is 0 Å². The van der Waals surface area contributed by atoms with E-state index in [1.807, 2.05) is 0 Å². The Morgan fingerprint density at radius 2 is 2.12 bits per heavy atom. The fraction of sp³-hybridized carbons (Fsp3) is 0.750. The van der Waals surface area contributed by atoms with Crippen LogP contribution in [0.3, 0.4) is 0 Å². The summed E-state index contributed by atoms with van der Waals surface area (Å²) < 4.78 is 8.70. The molecule has 0 unspecified atom stereocenters. The number of hydrogen-bond acceptors (Lipinski definition) is 3. The second-order valence-corrected chi connectivity index (χ2v) is 1.93. The van der Waals surface area contributed by atoms with Crippen LogP contribution in [0.5, 0.6) is 0 Å². The number of carbonyl (C=O) groups is 1. The molecule has 0 amide bonds. The lowest BCUT2D eigenvalue weighted by Crippen LogP contribution is -2.08. The van der Waals surface area contributed by atoms with E-state index in [2.05, 4.69) is 7.80 Å². The molecule has 0 aromatic rings. The van der Waals surface area contributed by atoms with Gasteiger partial charge in [-0.05, 0) is 13.8 Å². The van der Waals surface area contributed by atoms with E-state index < -0.39 is 6.16 Å². The Labute approximate surface area is 62.0 Å². The maximum atomic E-state index is 10.2. The predicted octanol–water partition coefficient (Wildman–Crippen LogP) is 1.90. The third-order valence-corrected chi connectivity index (χ3v) is 0.755. The van der Waals surface area contributed by atoms with Gasteiger partial charge in [0.15, 0.2) is 23.0 Å². The van der Waals surface area contributed by atoms with E-state index in [0.29, 0.717) is 0 Å². The molecule has 3 nitrogen and oxygen atoms in total. The Bertz CT molecular complexity index is 81.4. The molecule has 0 aromatic carbocycles. The first-order valence-electron chi connectivity index (χ1n) is 2.16. The lowest BCUT2D eigenvalue weighted by atomic mass is 10.5. The average molecular weight is 230 g/mol. The summed E-state index contributed by atoms with van der Waals surface area (Å²) in [6, 6.07) is 0. The van der Waals surface area contributed by atoms with E-state index >= 15 is 0 Å². The standard InChI is InChI=1S/C4H7IO3/c1-3(2)7-4(6)8-5/h3H,1-2H3.